The Kier molecular flexibility index (Phi) is 7.77. The van der Waals surface area contributed by atoms with Crippen LogP contribution in [0.15, 0.2) is 89.7 Å². The Balaban J connectivity index is 1.58. The topological polar surface area (TPSA) is 97.3 Å². The molecule has 0 fully saturated rings. The number of hydrogen-bond donors (Lipinski definition) is 0. The summed E-state index contributed by atoms with van der Waals surface area (Å²) in [6.07, 6.45) is 3.29. The zero-order valence-electron chi connectivity index (χ0n) is 21.1. The molecular weight excluding hydrogens is 486 g/mol. The minimum Gasteiger partial charge on any atom is -0.469 e. The molecule has 0 bridgehead atoms. The van der Waals surface area contributed by atoms with Crippen molar-refractivity contribution in [1.82, 2.24) is 14.4 Å². The number of rotatable bonds is 11. The van der Waals surface area contributed by atoms with Crippen molar-refractivity contribution in [2.45, 2.75) is 19.1 Å². The van der Waals surface area contributed by atoms with Crippen LogP contribution >= 0.6 is 0 Å². The van der Waals surface area contributed by atoms with Gasteiger partial charge in [0.25, 0.3) is 6.29 Å². The monoisotopic (exact) mass is 513 g/mol. The summed E-state index contributed by atoms with van der Waals surface area (Å²) in [5, 5.41) is 0. The Bertz CT molecular complexity index is 1480. The highest BCUT2D eigenvalue weighted by Crippen LogP contribution is 2.29. The molecule has 0 saturated carbocycles. The molecule has 38 heavy (non-hydrogen) atoms. The first-order valence-corrected chi connectivity index (χ1v) is 12.0. The molecule has 0 aliphatic carbocycles. The number of nitrogens with zero attached hydrogens (tertiary/aromatic N) is 3. The van der Waals surface area contributed by atoms with E-state index < -0.39 is 12.3 Å². The maximum atomic E-state index is 12.2. The third-order valence-corrected chi connectivity index (χ3v) is 5.92. The van der Waals surface area contributed by atoms with Gasteiger partial charge >= 0.3 is 5.97 Å². The van der Waals surface area contributed by atoms with Gasteiger partial charge in [0, 0.05) is 32.4 Å². The van der Waals surface area contributed by atoms with Crippen LogP contribution in [0.3, 0.4) is 0 Å². The lowest BCUT2D eigenvalue weighted by Gasteiger charge is -2.14. The Labute approximate surface area is 219 Å². The first kappa shape index (κ1) is 25.2. The maximum absolute atomic E-state index is 12.2. The van der Waals surface area contributed by atoms with E-state index in [0.29, 0.717) is 30.1 Å². The van der Waals surface area contributed by atoms with Crippen LogP contribution in [-0.4, -0.2) is 47.6 Å². The smallest absolute Gasteiger partial charge is 0.366 e. The molecule has 0 radical (unpaired) electrons. The van der Waals surface area contributed by atoms with Gasteiger partial charge in [-0.15, -0.1) is 0 Å². The number of benzene rings is 2. The molecule has 0 aliphatic heterocycles. The molecule has 0 aliphatic rings. The minimum atomic E-state index is -1.14. The lowest BCUT2D eigenvalue weighted by molar-refractivity contribution is -0.189. The molecule has 3 heterocycles. The summed E-state index contributed by atoms with van der Waals surface area (Å²) in [4.78, 5) is 22.1. The Hall–Kier alpha value is -4.47. The van der Waals surface area contributed by atoms with E-state index in [0.717, 1.165) is 28.3 Å². The molecule has 5 aromatic rings. The van der Waals surface area contributed by atoms with Gasteiger partial charge in [0.05, 0.1) is 24.1 Å². The van der Waals surface area contributed by atoms with E-state index in [1.807, 2.05) is 71.3 Å². The number of carbonyl (C=O) groups excluding carboxylic acids is 1. The van der Waals surface area contributed by atoms with Crippen molar-refractivity contribution in [3.8, 4) is 17.1 Å². The van der Waals surface area contributed by atoms with Crippen LogP contribution < -0.4 is 4.74 Å². The molecule has 5 rings (SSSR count). The van der Waals surface area contributed by atoms with Crippen LogP contribution in [0.2, 0.25) is 0 Å². The predicted octanol–water partition coefficient (Wildman–Crippen LogP) is 4.67. The van der Waals surface area contributed by atoms with Gasteiger partial charge in [-0.1, -0.05) is 60.7 Å². The molecule has 0 amide bonds. The Morgan fingerprint density at radius 1 is 0.895 bits per heavy atom. The van der Waals surface area contributed by atoms with Gasteiger partial charge in [0.2, 0.25) is 12.7 Å². The van der Waals surface area contributed by atoms with Crippen LogP contribution in [0.1, 0.15) is 22.7 Å². The van der Waals surface area contributed by atoms with Crippen molar-refractivity contribution in [3.05, 3.63) is 108 Å². The summed E-state index contributed by atoms with van der Waals surface area (Å²) in [5.41, 5.74) is 4.85. The molecule has 194 valence electrons. The van der Waals surface area contributed by atoms with Crippen LogP contribution in [-0.2, 0) is 31.8 Å². The average Bonchev–Trinajstić information content (AvgIpc) is 3.59. The molecular formula is C29H27N3O6. The normalized spacial score (nSPS) is 11.2. The van der Waals surface area contributed by atoms with E-state index in [4.69, 9.17) is 33.3 Å². The maximum Gasteiger partial charge on any atom is 0.366 e. The van der Waals surface area contributed by atoms with Crippen molar-refractivity contribution >= 4 is 11.6 Å². The van der Waals surface area contributed by atoms with Gasteiger partial charge in [-0.3, -0.25) is 4.40 Å². The quantitative estimate of drug-likeness (QED) is 0.186. The highest BCUT2D eigenvalue weighted by molar-refractivity contribution is 5.73. The lowest BCUT2D eigenvalue weighted by atomic mass is 10.1. The second-order valence-corrected chi connectivity index (χ2v) is 8.44. The van der Waals surface area contributed by atoms with E-state index in [1.165, 1.54) is 14.2 Å². The van der Waals surface area contributed by atoms with Gasteiger partial charge < -0.3 is 23.4 Å². The van der Waals surface area contributed by atoms with Crippen molar-refractivity contribution in [1.29, 1.82) is 0 Å². The standard InChI is InChI=1S/C29H27N3O6/c1-34-29(35-2)28(33)38-19-37-27-24(17-22-14-9-15-36-22)31-26-23(16-20-10-5-3-6-11-20)30-25(18-32(26)27)21-12-7-4-8-13-21/h3-15,18,29H,16-17,19H2,1-2H3. The number of imidazole rings is 1. The first-order chi connectivity index (χ1) is 18.7. The number of methoxy groups -OCH3 is 2. The van der Waals surface area contributed by atoms with Crippen molar-refractivity contribution in [2.75, 3.05) is 21.0 Å². The fourth-order valence-corrected chi connectivity index (χ4v) is 4.14. The molecule has 0 N–H and O–H groups in total. The number of hydrogen-bond acceptors (Lipinski definition) is 8. The fraction of sp³-hybridized carbons (Fsp3) is 0.207. The van der Waals surface area contributed by atoms with Gasteiger partial charge in [-0.2, -0.15) is 0 Å². The average molecular weight is 514 g/mol. The molecule has 0 atom stereocenters. The summed E-state index contributed by atoms with van der Waals surface area (Å²) in [5.74, 6) is 0.437. The van der Waals surface area contributed by atoms with Crippen LogP contribution in [0.25, 0.3) is 16.9 Å². The summed E-state index contributed by atoms with van der Waals surface area (Å²) in [7, 11) is 2.71. The SMILES string of the molecule is COC(OC)C(=O)OCOc1c(Cc2ccco2)nc2c(Cc3ccccc3)nc(-c3ccccc3)cn12. The van der Waals surface area contributed by atoms with E-state index in [2.05, 4.69) is 12.1 Å². The fourth-order valence-electron chi connectivity index (χ4n) is 4.14. The van der Waals surface area contributed by atoms with E-state index in [-0.39, 0.29) is 6.79 Å². The molecule has 9 nitrogen and oxygen atoms in total. The molecule has 2 aromatic carbocycles. The molecule has 0 unspecified atom stereocenters. The predicted molar refractivity (Wildman–Crippen MR) is 139 cm³/mol. The van der Waals surface area contributed by atoms with Crippen molar-refractivity contribution in [3.63, 3.8) is 0 Å². The van der Waals surface area contributed by atoms with Crippen LogP contribution in [0.5, 0.6) is 5.88 Å². The number of esters is 1. The number of carbonyl (C=O) groups is 1. The van der Waals surface area contributed by atoms with E-state index in [1.54, 1.807) is 6.26 Å². The highest BCUT2D eigenvalue weighted by atomic mass is 16.7. The van der Waals surface area contributed by atoms with Crippen molar-refractivity contribution < 1.29 is 28.2 Å². The number of aromatic nitrogens is 3. The summed E-state index contributed by atoms with van der Waals surface area (Å²) in [6, 6.07) is 23.7. The van der Waals surface area contributed by atoms with Gasteiger partial charge in [0.1, 0.15) is 11.5 Å². The van der Waals surface area contributed by atoms with Gasteiger partial charge in [0.15, 0.2) is 5.65 Å². The number of ether oxygens (including phenoxy) is 4. The Morgan fingerprint density at radius 3 is 2.32 bits per heavy atom. The van der Waals surface area contributed by atoms with Gasteiger partial charge in [-0.25, -0.2) is 14.8 Å². The number of furan rings is 1. The lowest BCUT2D eigenvalue weighted by Crippen LogP contribution is -2.28. The zero-order chi connectivity index (χ0) is 26.3. The highest BCUT2D eigenvalue weighted by Gasteiger charge is 2.22. The summed E-state index contributed by atoms with van der Waals surface area (Å²) < 4.78 is 28.6. The zero-order valence-corrected chi connectivity index (χ0v) is 21.1. The van der Waals surface area contributed by atoms with Crippen LogP contribution in [0, 0.1) is 0 Å². The summed E-state index contributed by atoms with van der Waals surface area (Å²) in [6.45, 7) is -0.363. The third kappa shape index (κ3) is 5.59. The first-order valence-electron chi connectivity index (χ1n) is 12.0. The Morgan fingerprint density at radius 2 is 1.63 bits per heavy atom. The van der Waals surface area contributed by atoms with Gasteiger partial charge in [-0.05, 0) is 17.7 Å². The third-order valence-electron chi connectivity index (χ3n) is 5.92. The van der Waals surface area contributed by atoms with Crippen LogP contribution in [0.4, 0.5) is 0 Å². The molecule has 9 heteroatoms. The second-order valence-electron chi connectivity index (χ2n) is 8.44. The molecule has 0 saturated heterocycles. The summed E-state index contributed by atoms with van der Waals surface area (Å²) >= 11 is 0. The molecule has 0 spiro atoms. The minimum absolute atomic E-state index is 0.363. The molecule has 3 aromatic heterocycles. The number of fused-ring (bicyclic) bond motifs is 1. The van der Waals surface area contributed by atoms with Crippen molar-refractivity contribution in [2.24, 2.45) is 0 Å². The van der Waals surface area contributed by atoms with E-state index in [9.17, 15) is 4.79 Å². The second kappa shape index (κ2) is 11.7. The van der Waals surface area contributed by atoms with E-state index >= 15 is 0 Å². The largest absolute Gasteiger partial charge is 0.469 e.